The zero-order valence-corrected chi connectivity index (χ0v) is 14.1. The van der Waals surface area contributed by atoms with Gasteiger partial charge in [0, 0.05) is 14.0 Å². The SMILES string of the molecule is O=C(COc1ccc(Cl)cc1)Nc1ccc(Br)cc1Br. The van der Waals surface area contributed by atoms with Crippen molar-refractivity contribution in [1.29, 1.82) is 0 Å². The lowest BCUT2D eigenvalue weighted by Crippen LogP contribution is -2.20. The molecule has 2 rings (SSSR count). The van der Waals surface area contributed by atoms with Crippen molar-refractivity contribution in [3.63, 3.8) is 0 Å². The highest BCUT2D eigenvalue weighted by molar-refractivity contribution is 9.11. The van der Waals surface area contributed by atoms with Gasteiger partial charge in [0.15, 0.2) is 6.61 Å². The van der Waals surface area contributed by atoms with Crippen molar-refractivity contribution in [1.82, 2.24) is 0 Å². The predicted molar refractivity (Wildman–Crippen MR) is 87.4 cm³/mol. The molecule has 1 amide bonds. The van der Waals surface area contributed by atoms with E-state index in [1.807, 2.05) is 12.1 Å². The van der Waals surface area contributed by atoms with Gasteiger partial charge in [0.05, 0.1) is 5.69 Å². The second kappa shape index (κ2) is 7.11. The van der Waals surface area contributed by atoms with E-state index in [4.69, 9.17) is 16.3 Å². The quantitative estimate of drug-likeness (QED) is 0.767. The number of ether oxygens (including phenoxy) is 1. The minimum atomic E-state index is -0.233. The number of rotatable bonds is 4. The lowest BCUT2D eigenvalue weighted by Gasteiger charge is -2.09. The summed E-state index contributed by atoms with van der Waals surface area (Å²) < 4.78 is 7.09. The van der Waals surface area contributed by atoms with Gasteiger partial charge in [-0.2, -0.15) is 0 Å². The van der Waals surface area contributed by atoms with Gasteiger partial charge >= 0.3 is 0 Å². The topological polar surface area (TPSA) is 38.3 Å². The Kier molecular flexibility index (Phi) is 5.46. The normalized spacial score (nSPS) is 10.2. The van der Waals surface area contributed by atoms with Gasteiger partial charge in [0.25, 0.3) is 5.91 Å². The van der Waals surface area contributed by atoms with Crippen LogP contribution in [0.25, 0.3) is 0 Å². The fourth-order valence-corrected chi connectivity index (χ4v) is 2.73. The maximum atomic E-state index is 11.8. The molecule has 2 aromatic rings. The summed E-state index contributed by atoms with van der Waals surface area (Å²) in [5.74, 6) is 0.363. The van der Waals surface area contributed by atoms with Crippen LogP contribution in [-0.4, -0.2) is 12.5 Å². The number of carbonyl (C=O) groups is 1. The molecule has 6 heteroatoms. The van der Waals surface area contributed by atoms with Gasteiger partial charge in [0.1, 0.15) is 5.75 Å². The second-order valence-corrected chi connectivity index (χ2v) is 6.12. The summed E-state index contributed by atoms with van der Waals surface area (Å²) in [6.45, 7) is -0.0653. The fourth-order valence-electron chi connectivity index (χ4n) is 1.46. The Morgan fingerprint density at radius 1 is 1.15 bits per heavy atom. The lowest BCUT2D eigenvalue weighted by atomic mass is 10.3. The summed E-state index contributed by atoms with van der Waals surface area (Å²) in [4.78, 5) is 11.8. The van der Waals surface area contributed by atoms with Crippen molar-refractivity contribution in [2.75, 3.05) is 11.9 Å². The largest absolute Gasteiger partial charge is 0.484 e. The first-order chi connectivity index (χ1) is 9.54. The molecule has 0 fully saturated rings. The summed E-state index contributed by atoms with van der Waals surface area (Å²) in [6, 6.07) is 12.3. The molecule has 20 heavy (non-hydrogen) atoms. The average molecular weight is 420 g/mol. The Hall–Kier alpha value is -1.04. The molecule has 0 bridgehead atoms. The van der Waals surface area contributed by atoms with Crippen molar-refractivity contribution in [3.05, 3.63) is 56.4 Å². The van der Waals surface area contributed by atoms with Crippen molar-refractivity contribution < 1.29 is 9.53 Å². The number of amides is 1. The highest BCUT2D eigenvalue weighted by Gasteiger charge is 2.07. The van der Waals surface area contributed by atoms with E-state index in [0.717, 1.165) is 8.95 Å². The number of carbonyl (C=O) groups excluding carboxylic acids is 1. The third kappa shape index (κ3) is 4.51. The van der Waals surface area contributed by atoms with Gasteiger partial charge in [-0.05, 0) is 58.4 Å². The molecule has 0 aliphatic carbocycles. The minimum absolute atomic E-state index is 0.0653. The Bertz CT molecular complexity index is 617. The molecular formula is C14H10Br2ClNO2. The summed E-state index contributed by atoms with van der Waals surface area (Å²) in [6.07, 6.45) is 0. The highest BCUT2D eigenvalue weighted by Crippen LogP contribution is 2.26. The van der Waals surface area contributed by atoms with Gasteiger partial charge in [-0.1, -0.05) is 27.5 Å². The summed E-state index contributed by atoms with van der Waals surface area (Å²) in [7, 11) is 0. The van der Waals surface area contributed by atoms with Crippen LogP contribution in [0.15, 0.2) is 51.4 Å². The maximum Gasteiger partial charge on any atom is 0.262 e. The lowest BCUT2D eigenvalue weighted by molar-refractivity contribution is -0.118. The van der Waals surface area contributed by atoms with Crippen LogP contribution in [0.4, 0.5) is 5.69 Å². The van der Waals surface area contributed by atoms with Gasteiger partial charge in [-0.25, -0.2) is 0 Å². The maximum absolute atomic E-state index is 11.8. The van der Waals surface area contributed by atoms with E-state index in [0.29, 0.717) is 16.5 Å². The van der Waals surface area contributed by atoms with E-state index in [1.165, 1.54) is 0 Å². The number of anilines is 1. The van der Waals surface area contributed by atoms with Crippen LogP contribution in [0.5, 0.6) is 5.75 Å². The van der Waals surface area contributed by atoms with E-state index in [2.05, 4.69) is 37.2 Å². The smallest absolute Gasteiger partial charge is 0.262 e. The molecule has 0 aliphatic heterocycles. The zero-order chi connectivity index (χ0) is 14.5. The Labute approximate surface area is 138 Å². The molecule has 0 heterocycles. The van der Waals surface area contributed by atoms with Crippen LogP contribution >= 0.6 is 43.5 Å². The molecule has 0 aliphatic rings. The Morgan fingerprint density at radius 2 is 1.85 bits per heavy atom. The Morgan fingerprint density at radius 3 is 2.50 bits per heavy atom. The monoisotopic (exact) mass is 417 g/mol. The van der Waals surface area contributed by atoms with Gasteiger partial charge in [-0.3, -0.25) is 4.79 Å². The third-order valence-electron chi connectivity index (χ3n) is 2.39. The van der Waals surface area contributed by atoms with Gasteiger partial charge in [-0.15, -0.1) is 0 Å². The molecule has 1 N–H and O–H groups in total. The molecule has 0 radical (unpaired) electrons. The summed E-state index contributed by atoms with van der Waals surface area (Å²) >= 11 is 12.5. The number of hydrogen-bond donors (Lipinski definition) is 1. The van der Waals surface area contributed by atoms with E-state index < -0.39 is 0 Å². The molecule has 0 saturated heterocycles. The standard InChI is InChI=1S/C14H10Br2ClNO2/c15-9-1-6-13(12(16)7-9)18-14(19)8-20-11-4-2-10(17)3-5-11/h1-7H,8H2,(H,18,19). The van der Waals surface area contributed by atoms with Gasteiger partial charge < -0.3 is 10.1 Å². The highest BCUT2D eigenvalue weighted by atomic mass is 79.9. The molecule has 0 aromatic heterocycles. The Balaban J connectivity index is 1.90. The summed E-state index contributed by atoms with van der Waals surface area (Å²) in [5, 5.41) is 3.39. The first kappa shape index (κ1) is 15.4. The molecule has 3 nitrogen and oxygen atoms in total. The molecular weight excluding hydrogens is 409 g/mol. The first-order valence-corrected chi connectivity index (χ1v) is 7.64. The van der Waals surface area contributed by atoms with E-state index >= 15 is 0 Å². The zero-order valence-electron chi connectivity index (χ0n) is 10.2. The number of halogens is 3. The van der Waals surface area contributed by atoms with Gasteiger partial charge in [0.2, 0.25) is 0 Å². The van der Waals surface area contributed by atoms with Crippen LogP contribution in [-0.2, 0) is 4.79 Å². The van der Waals surface area contributed by atoms with Crippen LogP contribution in [0, 0.1) is 0 Å². The number of hydrogen-bond acceptors (Lipinski definition) is 2. The van der Waals surface area contributed by atoms with Crippen molar-refractivity contribution >= 4 is 55.1 Å². The molecule has 0 spiro atoms. The number of benzene rings is 2. The number of nitrogens with one attached hydrogen (secondary N) is 1. The molecule has 0 unspecified atom stereocenters. The molecule has 2 aromatic carbocycles. The average Bonchev–Trinajstić information content (AvgIpc) is 2.41. The van der Waals surface area contributed by atoms with Crippen LogP contribution < -0.4 is 10.1 Å². The fraction of sp³-hybridized carbons (Fsp3) is 0.0714. The van der Waals surface area contributed by atoms with Crippen LogP contribution in [0.1, 0.15) is 0 Å². The van der Waals surface area contributed by atoms with Crippen molar-refractivity contribution in [2.24, 2.45) is 0 Å². The van der Waals surface area contributed by atoms with E-state index in [1.54, 1.807) is 30.3 Å². The van der Waals surface area contributed by atoms with E-state index in [-0.39, 0.29) is 12.5 Å². The minimum Gasteiger partial charge on any atom is -0.484 e. The summed E-state index contributed by atoms with van der Waals surface area (Å²) in [5.41, 5.74) is 0.693. The van der Waals surface area contributed by atoms with Crippen molar-refractivity contribution in [2.45, 2.75) is 0 Å². The van der Waals surface area contributed by atoms with E-state index in [9.17, 15) is 4.79 Å². The third-order valence-corrected chi connectivity index (χ3v) is 3.79. The van der Waals surface area contributed by atoms with Crippen LogP contribution in [0.3, 0.4) is 0 Å². The molecule has 0 atom stereocenters. The van der Waals surface area contributed by atoms with Crippen molar-refractivity contribution in [3.8, 4) is 5.75 Å². The molecule has 104 valence electrons. The second-order valence-electron chi connectivity index (χ2n) is 3.91. The predicted octanol–water partition coefficient (Wildman–Crippen LogP) is 4.88. The first-order valence-electron chi connectivity index (χ1n) is 5.68. The molecule has 0 saturated carbocycles. The van der Waals surface area contributed by atoms with Crippen LogP contribution in [0.2, 0.25) is 5.02 Å².